The van der Waals surface area contributed by atoms with Crippen LogP contribution >= 0.6 is 11.3 Å². The van der Waals surface area contributed by atoms with Gasteiger partial charge in [0.15, 0.2) is 11.2 Å². The third kappa shape index (κ3) is 2.32. The van der Waals surface area contributed by atoms with Gasteiger partial charge in [-0.2, -0.15) is 0 Å². The molecule has 0 aliphatic rings. The van der Waals surface area contributed by atoms with Gasteiger partial charge in [0.05, 0.1) is 7.11 Å². The standard InChI is InChI=1S/C17H14O3S/c1-3-14(18)10-4-6-12-16(8-10)21-15-7-5-11(20-2)9-13(15)17(12)19/h4-9H,3H2,1-2H3. The maximum Gasteiger partial charge on any atom is 0.196 e. The van der Waals surface area contributed by atoms with Gasteiger partial charge in [0.1, 0.15) is 5.75 Å². The number of methoxy groups -OCH3 is 1. The molecule has 0 spiro atoms. The van der Waals surface area contributed by atoms with E-state index in [1.807, 2.05) is 25.1 Å². The fourth-order valence-electron chi connectivity index (χ4n) is 2.34. The van der Waals surface area contributed by atoms with Gasteiger partial charge in [-0.15, -0.1) is 11.3 Å². The molecule has 1 heterocycles. The summed E-state index contributed by atoms with van der Waals surface area (Å²) in [6.07, 6.45) is 0.463. The lowest BCUT2D eigenvalue weighted by molar-refractivity contribution is 0.0988. The zero-order chi connectivity index (χ0) is 15.0. The van der Waals surface area contributed by atoms with Gasteiger partial charge in [0.2, 0.25) is 0 Å². The van der Waals surface area contributed by atoms with Crippen molar-refractivity contribution in [2.45, 2.75) is 13.3 Å². The quantitative estimate of drug-likeness (QED) is 0.542. The van der Waals surface area contributed by atoms with Crippen molar-refractivity contribution in [1.29, 1.82) is 0 Å². The molecule has 0 bridgehead atoms. The summed E-state index contributed by atoms with van der Waals surface area (Å²) in [5.41, 5.74) is 0.640. The summed E-state index contributed by atoms with van der Waals surface area (Å²) in [5.74, 6) is 0.760. The van der Waals surface area contributed by atoms with Crippen molar-refractivity contribution in [3.05, 3.63) is 52.2 Å². The molecule has 21 heavy (non-hydrogen) atoms. The first-order chi connectivity index (χ1) is 10.1. The summed E-state index contributed by atoms with van der Waals surface area (Å²) in [6, 6.07) is 10.8. The molecule has 0 atom stereocenters. The number of ketones is 1. The van der Waals surface area contributed by atoms with Crippen molar-refractivity contribution in [2.24, 2.45) is 0 Å². The van der Waals surface area contributed by atoms with Crippen molar-refractivity contribution in [1.82, 2.24) is 0 Å². The lowest BCUT2D eigenvalue weighted by Gasteiger charge is -2.05. The van der Waals surface area contributed by atoms with E-state index in [0.717, 1.165) is 9.40 Å². The molecule has 106 valence electrons. The first kappa shape index (κ1) is 13.8. The van der Waals surface area contributed by atoms with Crippen LogP contribution < -0.4 is 10.2 Å². The molecule has 0 N–H and O–H groups in total. The maximum absolute atomic E-state index is 12.6. The maximum atomic E-state index is 12.6. The van der Waals surface area contributed by atoms with E-state index in [1.165, 1.54) is 11.3 Å². The number of hydrogen-bond acceptors (Lipinski definition) is 4. The number of Topliss-reactive ketones (excluding diaryl/α,β-unsaturated/α-hetero) is 1. The smallest absolute Gasteiger partial charge is 0.196 e. The number of fused-ring (bicyclic) bond motifs is 2. The minimum atomic E-state index is -0.0202. The normalized spacial score (nSPS) is 11.0. The highest BCUT2D eigenvalue weighted by Crippen LogP contribution is 2.28. The van der Waals surface area contributed by atoms with E-state index in [2.05, 4.69) is 0 Å². The highest BCUT2D eigenvalue weighted by molar-refractivity contribution is 7.24. The lowest BCUT2D eigenvalue weighted by atomic mass is 10.1. The van der Waals surface area contributed by atoms with Crippen LogP contribution in [0.25, 0.3) is 20.2 Å². The first-order valence-electron chi connectivity index (χ1n) is 6.72. The largest absolute Gasteiger partial charge is 0.497 e. The number of carbonyl (C=O) groups excluding carboxylic acids is 1. The van der Waals surface area contributed by atoms with Gasteiger partial charge in [0.25, 0.3) is 0 Å². The average Bonchev–Trinajstić information content (AvgIpc) is 2.53. The van der Waals surface area contributed by atoms with Crippen molar-refractivity contribution < 1.29 is 9.53 Å². The second-order valence-corrected chi connectivity index (χ2v) is 5.86. The van der Waals surface area contributed by atoms with E-state index in [4.69, 9.17) is 4.74 Å². The minimum Gasteiger partial charge on any atom is -0.497 e. The summed E-state index contributed by atoms with van der Waals surface area (Å²) in [6.45, 7) is 1.83. The number of carbonyl (C=O) groups is 1. The molecule has 3 aromatic rings. The Kier molecular flexibility index (Phi) is 3.47. The Morgan fingerprint density at radius 1 is 1.10 bits per heavy atom. The Labute approximate surface area is 125 Å². The molecule has 0 amide bonds. The van der Waals surface area contributed by atoms with Crippen LogP contribution in [-0.2, 0) is 0 Å². The van der Waals surface area contributed by atoms with E-state index >= 15 is 0 Å². The van der Waals surface area contributed by atoms with Crippen LogP contribution in [0.5, 0.6) is 5.75 Å². The molecule has 0 aliphatic heterocycles. The molecular weight excluding hydrogens is 284 g/mol. The van der Waals surface area contributed by atoms with Gasteiger partial charge in [0, 0.05) is 32.2 Å². The Morgan fingerprint density at radius 2 is 1.90 bits per heavy atom. The molecule has 2 aromatic carbocycles. The van der Waals surface area contributed by atoms with Crippen molar-refractivity contribution >= 4 is 37.3 Å². The van der Waals surface area contributed by atoms with Gasteiger partial charge in [-0.25, -0.2) is 0 Å². The molecular formula is C17H14O3S. The predicted octanol–water partition coefficient (Wildman–Crippen LogP) is 4.02. The average molecular weight is 298 g/mol. The highest BCUT2D eigenvalue weighted by atomic mass is 32.1. The number of benzene rings is 2. The number of rotatable bonds is 3. The molecule has 3 rings (SSSR count). The predicted molar refractivity (Wildman–Crippen MR) is 86.8 cm³/mol. The van der Waals surface area contributed by atoms with Crippen LogP contribution in [0.2, 0.25) is 0 Å². The van der Waals surface area contributed by atoms with Gasteiger partial charge in [-0.3, -0.25) is 9.59 Å². The van der Waals surface area contributed by atoms with Crippen LogP contribution in [0.1, 0.15) is 23.7 Å². The summed E-state index contributed by atoms with van der Waals surface area (Å²) in [7, 11) is 1.58. The highest BCUT2D eigenvalue weighted by Gasteiger charge is 2.10. The molecule has 0 radical (unpaired) electrons. The van der Waals surface area contributed by atoms with Crippen LogP contribution in [0.4, 0.5) is 0 Å². The van der Waals surface area contributed by atoms with Crippen LogP contribution in [0.3, 0.4) is 0 Å². The zero-order valence-corrected chi connectivity index (χ0v) is 12.6. The Bertz CT molecular complexity index is 909. The summed E-state index contributed by atoms with van der Waals surface area (Å²) < 4.78 is 6.92. The van der Waals surface area contributed by atoms with Gasteiger partial charge < -0.3 is 4.74 Å². The first-order valence-corrected chi connectivity index (χ1v) is 7.53. The van der Waals surface area contributed by atoms with E-state index in [1.54, 1.807) is 25.3 Å². The SMILES string of the molecule is CCC(=O)c1ccc2c(=O)c3cc(OC)ccc3sc2c1. The van der Waals surface area contributed by atoms with Crippen molar-refractivity contribution in [3.63, 3.8) is 0 Å². The fourth-order valence-corrected chi connectivity index (χ4v) is 3.43. The van der Waals surface area contributed by atoms with Crippen LogP contribution in [-0.4, -0.2) is 12.9 Å². The Morgan fingerprint density at radius 3 is 2.62 bits per heavy atom. The number of hydrogen-bond donors (Lipinski definition) is 0. The molecule has 0 unspecified atom stereocenters. The van der Waals surface area contributed by atoms with Crippen molar-refractivity contribution in [2.75, 3.05) is 7.11 Å². The second kappa shape index (κ2) is 5.30. The molecule has 1 aromatic heterocycles. The summed E-state index contributed by atoms with van der Waals surface area (Å²) in [5, 5.41) is 1.30. The summed E-state index contributed by atoms with van der Waals surface area (Å²) >= 11 is 1.52. The van der Waals surface area contributed by atoms with Crippen LogP contribution in [0.15, 0.2) is 41.2 Å². The molecule has 0 saturated carbocycles. The third-order valence-corrected chi connectivity index (χ3v) is 4.65. The molecule has 0 aliphatic carbocycles. The monoisotopic (exact) mass is 298 g/mol. The van der Waals surface area contributed by atoms with Gasteiger partial charge in [-0.1, -0.05) is 13.0 Å². The summed E-state index contributed by atoms with van der Waals surface area (Å²) in [4.78, 5) is 24.4. The Hall–Kier alpha value is -2.20. The molecule has 0 fully saturated rings. The molecule has 0 saturated heterocycles. The van der Waals surface area contributed by atoms with Gasteiger partial charge >= 0.3 is 0 Å². The van der Waals surface area contributed by atoms with E-state index in [0.29, 0.717) is 28.5 Å². The van der Waals surface area contributed by atoms with E-state index in [9.17, 15) is 9.59 Å². The zero-order valence-electron chi connectivity index (χ0n) is 11.8. The van der Waals surface area contributed by atoms with Crippen molar-refractivity contribution in [3.8, 4) is 5.75 Å². The van der Waals surface area contributed by atoms with E-state index < -0.39 is 0 Å². The van der Waals surface area contributed by atoms with E-state index in [-0.39, 0.29) is 11.2 Å². The van der Waals surface area contributed by atoms with Gasteiger partial charge in [-0.05, 0) is 30.3 Å². The number of ether oxygens (including phenoxy) is 1. The molecule has 4 heteroatoms. The minimum absolute atomic E-state index is 0.0202. The third-order valence-electron chi connectivity index (χ3n) is 3.52. The lowest BCUT2D eigenvalue weighted by Crippen LogP contribution is -2.03. The molecule has 3 nitrogen and oxygen atoms in total. The second-order valence-electron chi connectivity index (χ2n) is 4.78. The topological polar surface area (TPSA) is 43.4 Å². The van der Waals surface area contributed by atoms with Crippen LogP contribution in [0, 0.1) is 0 Å². The Balaban J connectivity index is 2.33. The fraction of sp³-hybridized carbons (Fsp3) is 0.176.